The highest BCUT2D eigenvalue weighted by molar-refractivity contribution is 9.10. The molecule has 0 spiro atoms. The second kappa shape index (κ2) is 7.07. The summed E-state index contributed by atoms with van der Waals surface area (Å²) >= 11 is 3.60. The molecule has 1 N–H and O–H groups in total. The minimum atomic E-state index is -0.0284. The van der Waals surface area contributed by atoms with Gasteiger partial charge in [0, 0.05) is 18.6 Å². The van der Waals surface area contributed by atoms with Crippen LogP contribution >= 0.6 is 15.9 Å². The van der Waals surface area contributed by atoms with Crippen molar-refractivity contribution in [2.45, 2.75) is 38.8 Å². The zero-order chi connectivity index (χ0) is 14.6. The Bertz CT molecular complexity index is 414. The van der Waals surface area contributed by atoms with Crippen LogP contribution in [0.2, 0.25) is 0 Å². The van der Waals surface area contributed by atoms with E-state index in [0.29, 0.717) is 0 Å². The quantitative estimate of drug-likeness (QED) is 0.859. The summed E-state index contributed by atoms with van der Waals surface area (Å²) in [6, 6.07) is 2.12. The van der Waals surface area contributed by atoms with Gasteiger partial charge in [0.2, 0.25) is 0 Å². The van der Waals surface area contributed by atoms with Crippen LogP contribution in [-0.4, -0.2) is 43.3 Å². The summed E-state index contributed by atoms with van der Waals surface area (Å²) in [5, 5.41) is 3.64. The summed E-state index contributed by atoms with van der Waals surface area (Å²) in [7, 11) is 0. The van der Waals surface area contributed by atoms with Crippen molar-refractivity contribution >= 4 is 15.9 Å². The number of nitrogens with zero attached hydrogens (tertiary/aromatic N) is 1. The number of furan rings is 1. The first-order valence-corrected chi connectivity index (χ1v) is 8.15. The maximum atomic E-state index is 5.73. The highest BCUT2D eigenvalue weighted by Gasteiger charge is 2.39. The van der Waals surface area contributed by atoms with Crippen LogP contribution in [-0.2, 0) is 4.74 Å². The van der Waals surface area contributed by atoms with Gasteiger partial charge in [0.05, 0.1) is 30.0 Å². The molecule has 1 aliphatic rings. The Labute approximate surface area is 130 Å². The summed E-state index contributed by atoms with van der Waals surface area (Å²) in [6.07, 6.45) is 2.85. The Balaban J connectivity index is 2.22. The molecule has 0 radical (unpaired) electrons. The first-order chi connectivity index (χ1) is 9.57. The van der Waals surface area contributed by atoms with Crippen molar-refractivity contribution in [3.63, 3.8) is 0 Å². The van der Waals surface area contributed by atoms with E-state index in [2.05, 4.69) is 46.9 Å². The minimum absolute atomic E-state index is 0.0284. The third-order valence-electron chi connectivity index (χ3n) is 4.04. The maximum absolute atomic E-state index is 5.73. The van der Waals surface area contributed by atoms with Crippen LogP contribution < -0.4 is 5.32 Å². The zero-order valence-corrected chi connectivity index (χ0v) is 14.2. The predicted molar refractivity (Wildman–Crippen MR) is 83.9 cm³/mol. The topological polar surface area (TPSA) is 37.6 Å². The Kier molecular flexibility index (Phi) is 5.66. The van der Waals surface area contributed by atoms with Crippen molar-refractivity contribution in [2.24, 2.45) is 0 Å². The molecular formula is C15H25BrN2O2. The van der Waals surface area contributed by atoms with Gasteiger partial charge in [-0.25, -0.2) is 0 Å². The molecule has 1 unspecified atom stereocenters. The molecule has 5 heteroatoms. The van der Waals surface area contributed by atoms with E-state index >= 15 is 0 Å². The van der Waals surface area contributed by atoms with Crippen molar-refractivity contribution in [1.82, 2.24) is 10.2 Å². The normalized spacial score (nSPS) is 19.2. The van der Waals surface area contributed by atoms with Crippen molar-refractivity contribution < 1.29 is 9.15 Å². The Morgan fingerprint density at radius 1 is 1.40 bits per heavy atom. The molecule has 0 bridgehead atoms. The fraction of sp³-hybridized carbons (Fsp3) is 0.733. The molecule has 1 aliphatic heterocycles. The van der Waals surface area contributed by atoms with Crippen LogP contribution in [0.5, 0.6) is 0 Å². The van der Waals surface area contributed by atoms with Gasteiger partial charge in [-0.2, -0.15) is 0 Å². The molecular weight excluding hydrogens is 320 g/mol. The van der Waals surface area contributed by atoms with Gasteiger partial charge < -0.3 is 14.5 Å². The van der Waals surface area contributed by atoms with E-state index in [1.54, 1.807) is 6.26 Å². The van der Waals surface area contributed by atoms with E-state index in [4.69, 9.17) is 9.15 Å². The largest absolute Gasteiger partial charge is 0.466 e. The van der Waals surface area contributed by atoms with E-state index in [9.17, 15) is 0 Å². The maximum Gasteiger partial charge on any atom is 0.136 e. The lowest BCUT2D eigenvalue weighted by atomic mass is 9.89. The fourth-order valence-electron chi connectivity index (χ4n) is 2.79. The first kappa shape index (κ1) is 16.0. The predicted octanol–water partition coefficient (Wildman–Crippen LogP) is 3.19. The van der Waals surface area contributed by atoms with Crippen molar-refractivity contribution in [2.75, 3.05) is 32.8 Å². The van der Waals surface area contributed by atoms with Gasteiger partial charge in [0.1, 0.15) is 5.76 Å². The molecule has 2 rings (SSSR count). The standard InChI is InChI=1S/C15H25BrN2O2/c1-4-6-17-14(13-12(16)5-9-20-13)15(2,3)18-7-10-19-11-8-18/h5,9,14,17H,4,6-8,10-11H2,1-3H3. The van der Waals surface area contributed by atoms with Gasteiger partial charge in [0.15, 0.2) is 0 Å². The average molecular weight is 345 g/mol. The monoisotopic (exact) mass is 344 g/mol. The van der Waals surface area contributed by atoms with Crippen LogP contribution in [0.3, 0.4) is 0 Å². The second-order valence-corrected chi connectivity index (χ2v) is 6.63. The molecule has 20 heavy (non-hydrogen) atoms. The molecule has 2 heterocycles. The van der Waals surface area contributed by atoms with E-state index in [-0.39, 0.29) is 11.6 Å². The molecule has 1 aromatic rings. The third kappa shape index (κ3) is 3.45. The van der Waals surface area contributed by atoms with Crippen molar-refractivity contribution in [3.8, 4) is 0 Å². The smallest absolute Gasteiger partial charge is 0.136 e. The summed E-state index contributed by atoms with van der Waals surface area (Å²) in [4.78, 5) is 2.48. The molecule has 1 fully saturated rings. The molecule has 0 amide bonds. The second-order valence-electron chi connectivity index (χ2n) is 5.77. The third-order valence-corrected chi connectivity index (χ3v) is 4.69. The number of nitrogens with one attached hydrogen (secondary N) is 1. The number of rotatable bonds is 6. The first-order valence-electron chi connectivity index (χ1n) is 7.36. The molecule has 0 aliphatic carbocycles. The van der Waals surface area contributed by atoms with Crippen LogP contribution in [0, 0.1) is 0 Å². The molecule has 114 valence electrons. The Hall–Kier alpha value is -0.360. The number of hydrogen-bond acceptors (Lipinski definition) is 4. The molecule has 1 aromatic heterocycles. The minimum Gasteiger partial charge on any atom is -0.466 e. The van der Waals surface area contributed by atoms with Crippen LogP contribution in [0.1, 0.15) is 39.0 Å². The number of morpholine rings is 1. The average Bonchev–Trinajstić information content (AvgIpc) is 2.86. The van der Waals surface area contributed by atoms with E-state index < -0.39 is 0 Å². The van der Waals surface area contributed by atoms with Crippen LogP contribution in [0.15, 0.2) is 21.2 Å². The fourth-order valence-corrected chi connectivity index (χ4v) is 3.22. The summed E-state index contributed by atoms with van der Waals surface area (Å²) in [5.74, 6) is 0.981. The summed E-state index contributed by atoms with van der Waals surface area (Å²) < 4.78 is 12.2. The molecule has 1 saturated heterocycles. The molecule has 0 aromatic carbocycles. The zero-order valence-electron chi connectivity index (χ0n) is 12.6. The van der Waals surface area contributed by atoms with Crippen LogP contribution in [0.4, 0.5) is 0 Å². The van der Waals surface area contributed by atoms with E-state index in [1.807, 2.05) is 6.07 Å². The van der Waals surface area contributed by atoms with Crippen molar-refractivity contribution in [3.05, 3.63) is 22.6 Å². The molecule has 0 saturated carbocycles. The molecule has 4 nitrogen and oxygen atoms in total. The SMILES string of the molecule is CCCNC(c1occc1Br)C(C)(C)N1CCOCC1. The summed E-state index contributed by atoms with van der Waals surface area (Å²) in [5.41, 5.74) is -0.0284. The lowest BCUT2D eigenvalue weighted by Crippen LogP contribution is -2.56. The van der Waals surface area contributed by atoms with Gasteiger partial charge in [-0.15, -0.1) is 0 Å². The van der Waals surface area contributed by atoms with E-state index in [1.165, 1.54) is 0 Å². The van der Waals surface area contributed by atoms with Gasteiger partial charge >= 0.3 is 0 Å². The lowest BCUT2D eigenvalue weighted by Gasteiger charge is -2.45. The number of ether oxygens (including phenoxy) is 1. The Morgan fingerprint density at radius 2 is 2.10 bits per heavy atom. The number of hydrogen-bond donors (Lipinski definition) is 1. The molecule has 1 atom stereocenters. The van der Waals surface area contributed by atoms with Gasteiger partial charge in [-0.05, 0) is 48.8 Å². The highest BCUT2D eigenvalue weighted by atomic mass is 79.9. The van der Waals surface area contributed by atoms with E-state index in [0.717, 1.165) is 49.5 Å². The van der Waals surface area contributed by atoms with Gasteiger partial charge in [0.25, 0.3) is 0 Å². The van der Waals surface area contributed by atoms with Crippen LogP contribution in [0.25, 0.3) is 0 Å². The Morgan fingerprint density at radius 3 is 2.65 bits per heavy atom. The van der Waals surface area contributed by atoms with Crippen molar-refractivity contribution in [1.29, 1.82) is 0 Å². The number of halogens is 1. The van der Waals surface area contributed by atoms with Gasteiger partial charge in [-0.3, -0.25) is 4.90 Å². The highest BCUT2D eigenvalue weighted by Crippen LogP contribution is 2.36. The lowest BCUT2D eigenvalue weighted by molar-refractivity contribution is -0.0265. The summed E-state index contributed by atoms with van der Waals surface area (Å²) in [6.45, 7) is 11.3. The van der Waals surface area contributed by atoms with Gasteiger partial charge in [-0.1, -0.05) is 6.92 Å².